The largest absolute Gasteiger partial charge is 0.422 e. The predicted molar refractivity (Wildman–Crippen MR) is 79.4 cm³/mol. The first-order valence-electron chi connectivity index (χ1n) is 5.86. The lowest BCUT2D eigenvalue weighted by Gasteiger charge is -1.99. The van der Waals surface area contributed by atoms with Gasteiger partial charge in [-0.2, -0.15) is 0 Å². The molecule has 1 aromatic rings. The molecule has 3 nitrogen and oxygen atoms in total. The van der Waals surface area contributed by atoms with Gasteiger partial charge in [-0.1, -0.05) is 55.7 Å². The Bertz CT molecular complexity index is 571. The Morgan fingerprint density at radius 2 is 1.95 bits per heavy atom. The summed E-state index contributed by atoms with van der Waals surface area (Å²) in [6.45, 7) is 15.2. The second kappa shape index (κ2) is 7.11. The number of aromatic nitrogens is 2. The number of hydrogen-bond donors (Lipinski definition) is 0. The van der Waals surface area contributed by atoms with Gasteiger partial charge in [-0.25, -0.2) is 0 Å². The van der Waals surface area contributed by atoms with E-state index in [1.165, 1.54) is 0 Å². The van der Waals surface area contributed by atoms with Crippen molar-refractivity contribution in [2.75, 3.05) is 0 Å². The van der Waals surface area contributed by atoms with Crippen LogP contribution in [0.2, 0.25) is 0 Å². The third-order valence-electron chi connectivity index (χ3n) is 2.22. The summed E-state index contributed by atoms with van der Waals surface area (Å²) in [5.41, 5.74) is 2.76. The van der Waals surface area contributed by atoms with Crippen LogP contribution in [0.15, 0.2) is 71.3 Å². The van der Waals surface area contributed by atoms with Crippen molar-refractivity contribution in [1.82, 2.24) is 10.2 Å². The van der Waals surface area contributed by atoms with Crippen LogP contribution in [-0.4, -0.2) is 10.2 Å². The van der Waals surface area contributed by atoms with E-state index in [0.29, 0.717) is 11.8 Å². The number of hydrogen-bond acceptors (Lipinski definition) is 3. The molecule has 0 saturated heterocycles. The molecule has 0 unspecified atom stereocenters. The SMILES string of the molecule is C=C/C(=C\C=C\c1nnc(C)o1)C(=C)/C=C\C(=C)C. The smallest absolute Gasteiger partial charge is 0.240 e. The Labute approximate surface area is 114 Å². The third-order valence-corrected chi connectivity index (χ3v) is 2.22. The number of allylic oxidation sites excluding steroid dienone is 8. The molecule has 0 bridgehead atoms. The van der Waals surface area contributed by atoms with Crippen LogP contribution in [0.5, 0.6) is 0 Å². The van der Waals surface area contributed by atoms with Gasteiger partial charge in [-0.05, 0) is 18.1 Å². The first kappa shape index (κ1) is 14.6. The maximum atomic E-state index is 5.23. The first-order chi connectivity index (χ1) is 9.02. The summed E-state index contributed by atoms with van der Waals surface area (Å²) >= 11 is 0. The molecule has 0 aliphatic carbocycles. The third kappa shape index (κ3) is 5.17. The van der Waals surface area contributed by atoms with Crippen molar-refractivity contribution < 1.29 is 4.42 Å². The van der Waals surface area contributed by atoms with Gasteiger partial charge in [0.15, 0.2) is 0 Å². The van der Waals surface area contributed by atoms with Crippen LogP contribution in [0.1, 0.15) is 18.7 Å². The lowest BCUT2D eigenvalue weighted by Crippen LogP contribution is -1.80. The quantitative estimate of drug-likeness (QED) is 0.714. The molecule has 0 aromatic carbocycles. The molecule has 0 spiro atoms. The zero-order valence-electron chi connectivity index (χ0n) is 11.4. The standard InChI is InChI=1S/C16H18N2O/c1-6-15(13(4)11-10-12(2)3)8-7-9-16-18-17-14(5)19-16/h6-11H,1-2,4H2,3,5H3/b9-7+,11-10-,15-8+. The highest BCUT2D eigenvalue weighted by atomic mass is 16.4. The van der Waals surface area contributed by atoms with Crippen molar-refractivity contribution in [2.45, 2.75) is 13.8 Å². The van der Waals surface area contributed by atoms with Gasteiger partial charge in [0.1, 0.15) is 0 Å². The Morgan fingerprint density at radius 1 is 1.21 bits per heavy atom. The molecule has 19 heavy (non-hydrogen) atoms. The normalized spacial score (nSPS) is 12.2. The summed E-state index contributed by atoms with van der Waals surface area (Å²) < 4.78 is 5.23. The summed E-state index contributed by atoms with van der Waals surface area (Å²) in [5.74, 6) is 1.02. The van der Waals surface area contributed by atoms with E-state index in [1.807, 2.05) is 31.2 Å². The van der Waals surface area contributed by atoms with Gasteiger partial charge in [0.25, 0.3) is 0 Å². The van der Waals surface area contributed by atoms with E-state index >= 15 is 0 Å². The fourth-order valence-electron chi connectivity index (χ4n) is 1.26. The Balaban J connectivity index is 2.77. The van der Waals surface area contributed by atoms with Gasteiger partial charge < -0.3 is 4.42 Å². The lowest BCUT2D eigenvalue weighted by molar-refractivity contribution is 0.509. The molecular formula is C16H18N2O. The maximum Gasteiger partial charge on any atom is 0.240 e. The summed E-state index contributed by atoms with van der Waals surface area (Å²) in [6, 6.07) is 0. The molecule has 0 atom stereocenters. The number of aryl methyl sites for hydroxylation is 1. The van der Waals surface area contributed by atoms with Crippen LogP contribution < -0.4 is 0 Å². The zero-order valence-corrected chi connectivity index (χ0v) is 11.4. The Hall–Kier alpha value is -2.42. The second-order valence-corrected chi connectivity index (χ2v) is 4.05. The highest BCUT2D eigenvalue weighted by Crippen LogP contribution is 2.12. The number of rotatable bonds is 6. The summed E-state index contributed by atoms with van der Waals surface area (Å²) in [4.78, 5) is 0. The van der Waals surface area contributed by atoms with Gasteiger partial charge in [0, 0.05) is 13.0 Å². The summed E-state index contributed by atoms with van der Waals surface area (Å²) in [7, 11) is 0. The van der Waals surface area contributed by atoms with E-state index in [4.69, 9.17) is 4.42 Å². The van der Waals surface area contributed by atoms with Crippen molar-refractivity contribution in [3.63, 3.8) is 0 Å². The van der Waals surface area contributed by atoms with E-state index in [1.54, 1.807) is 19.1 Å². The summed E-state index contributed by atoms with van der Waals surface area (Å²) in [6.07, 6.45) is 11.0. The molecule has 0 amide bonds. The van der Waals surface area contributed by atoms with E-state index < -0.39 is 0 Å². The first-order valence-corrected chi connectivity index (χ1v) is 5.86. The van der Waals surface area contributed by atoms with E-state index in [0.717, 1.165) is 16.7 Å². The van der Waals surface area contributed by atoms with Gasteiger partial charge in [0.05, 0.1) is 0 Å². The van der Waals surface area contributed by atoms with E-state index in [2.05, 4.69) is 29.9 Å². The fourth-order valence-corrected chi connectivity index (χ4v) is 1.26. The van der Waals surface area contributed by atoms with Crippen LogP contribution in [0.25, 0.3) is 6.08 Å². The molecule has 0 N–H and O–H groups in total. The van der Waals surface area contributed by atoms with Gasteiger partial charge >= 0.3 is 0 Å². The molecule has 1 aromatic heterocycles. The molecule has 1 heterocycles. The molecule has 3 heteroatoms. The summed E-state index contributed by atoms with van der Waals surface area (Å²) in [5, 5.41) is 7.61. The topological polar surface area (TPSA) is 38.9 Å². The molecule has 0 saturated carbocycles. The lowest BCUT2D eigenvalue weighted by atomic mass is 10.1. The molecular weight excluding hydrogens is 236 g/mol. The Kier molecular flexibility index (Phi) is 5.48. The minimum absolute atomic E-state index is 0.472. The minimum Gasteiger partial charge on any atom is -0.422 e. The van der Waals surface area contributed by atoms with Crippen LogP contribution >= 0.6 is 0 Å². The molecule has 98 valence electrons. The fraction of sp³-hybridized carbons (Fsp3) is 0.125. The van der Waals surface area contributed by atoms with Crippen LogP contribution in [0.4, 0.5) is 0 Å². The van der Waals surface area contributed by atoms with Crippen molar-refractivity contribution in [2.24, 2.45) is 0 Å². The second-order valence-electron chi connectivity index (χ2n) is 4.05. The molecule has 0 aliphatic heterocycles. The average molecular weight is 254 g/mol. The van der Waals surface area contributed by atoms with Crippen molar-refractivity contribution in [3.05, 3.63) is 78.6 Å². The molecule has 1 rings (SSSR count). The number of nitrogens with zero attached hydrogens (tertiary/aromatic N) is 2. The minimum atomic E-state index is 0.472. The Morgan fingerprint density at radius 3 is 2.47 bits per heavy atom. The highest BCUT2D eigenvalue weighted by Gasteiger charge is 1.96. The van der Waals surface area contributed by atoms with Crippen LogP contribution in [0, 0.1) is 6.92 Å². The van der Waals surface area contributed by atoms with Crippen molar-refractivity contribution >= 4 is 6.08 Å². The molecule has 0 aliphatic rings. The molecule has 0 fully saturated rings. The predicted octanol–water partition coefficient (Wildman–Crippen LogP) is 4.19. The van der Waals surface area contributed by atoms with Gasteiger partial charge in [-0.15, -0.1) is 10.2 Å². The molecule has 0 radical (unpaired) electrons. The maximum absolute atomic E-state index is 5.23. The highest BCUT2D eigenvalue weighted by molar-refractivity contribution is 5.50. The monoisotopic (exact) mass is 254 g/mol. The van der Waals surface area contributed by atoms with Gasteiger partial charge in [0.2, 0.25) is 11.8 Å². The van der Waals surface area contributed by atoms with Gasteiger partial charge in [-0.3, -0.25) is 0 Å². The zero-order chi connectivity index (χ0) is 14.3. The average Bonchev–Trinajstić information content (AvgIpc) is 2.77. The van der Waals surface area contributed by atoms with Crippen LogP contribution in [-0.2, 0) is 0 Å². The van der Waals surface area contributed by atoms with E-state index in [9.17, 15) is 0 Å². The van der Waals surface area contributed by atoms with Crippen molar-refractivity contribution in [1.29, 1.82) is 0 Å². The van der Waals surface area contributed by atoms with Crippen molar-refractivity contribution in [3.8, 4) is 0 Å². The van der Waals surface area contributed by atoms with Crippen LogP contribution in [0.3, 0.4) is 0 Å². The van der Waals surface area contributed by atoms with E-state index in [-0.39, 0.29) is 0 Å².